The minimum absolute atomic E-state index is 0.0867. The van der Waals surface area contributed by atoms with Crippen LogP contribution in [0.2, 0.25) is 0 Å². The standard InChI is InChI=1S/C10H13F7O2/c1-2-3-6-19-7(18)4-5-8(11,12)9(13,14)10(15,16)17/h2-6H2,1H3. The van der Waals surface area contributed by atoms with E-state index in [4.69, 9.17) is 0 Å². The van der Waals surface area contributed by atoms with E-state index in [1.807, 2.05) is 0 Å². The van der Waals surface area contributed by atoms with E-state index in [0.29, 0.717) is 12.8 Å². The van der Waals surface area contributed by atoms with Gasteiger partial charge in [0.1, 0.15) is 0 Å². The Morgan fingerprint density at radius 3 is 2.00 bits per heavy atom. The van der Waals surface area contributed by atoms with Gasteiger partial charge in [-0.1, -0.05) is 13.3 Å². The molecule has 2 nitrogen and oxygen atoms in total. The number of halogens is 7. The summed E-state index contributed by atoms with van der Waals surface area (Å²) in [6, 6.07) is 0. The normalized spacial score (nSPS) is 13.5. The zero-order valence-corrected chi connectivity index (χ0v) is 10.00. The highest BCUT2D eigenvalue weighted by atomic mass is 19.4. The molecule has 0 aliphatic rings. The van der Waals surface area contributed by atoms with Crippen LogP contribution >= 0.6 is 0 Å². The van der Waals surface area contributed by atoms with Crippen LogP contribution in [0.1, 0.15) is 32.6 Å². The van der Waals surface area contributed by atoms with E-state index in [1.165, 1.54) is 0 Å². The lowest BCUT2D eigenvalue weighted by molar-refractivity contribution is -0.355. The molecule has 0 heterocycles. The van der Waals surface area contributed by atoms with Crippen LogP contribution in [0.3, 0.4) is 0 Å². The Morgan fingerprint density at radius 1 is 1.05 bits per heavy atom. The monoisotopic (exact) mass is 298 g/mol. The molecule has 0 bridgehead atoms. The third-order valence-corrected chi connectivity index (χ3v) is 2.22. The van der Waals surface area contributed by atoms with Crippen LogP contribution in [0, 0.1) is 0 Å². The second-order valence-corrected chi connectivity index (χ2v) is 3.85. The molecule has 0 unspecified atom stereocenters. The van der Waals surface area contributed by atoms with E-state index in [0.717, 1.165) is 0 Å². The number of alkyl halides is 7. The molecule has 0 saturated carbocycles. The maximum Gasteiger partial charge on any atom is 0.459 e. The number of hydrogen-bond acceptors (Lipinski definition) is 2. The predicted molar refractivity (Wildman–Crippen MR) is 51.1 cm³/mol. The summed E-state index contributed by atoms with van der Waals surface area (Å²) < 4.78 is 90.1. The van der Waals surface area contributed by atoms with Crippen molar-refractivity contribution in [3.8, 4) is 0 Å². The number of rotatable bonds is 7. The first kappa shape index (κ1) is 18.0. The van der Waals surface area contributed by atoms with Gasteiger partial charge in [0.15, 0.2) is 0 Å². The number of hydrogen-bond donors (Lipinski definition) is 0. The summed E-state index contributed by atoms with van der Waals surface area (Å²) in [5.41, 5.74) is 0. The molecule has 0 aromatic heterocycles. The zero-order valence-electron chi connectivity index (χ0n) is 10.00. The third-order valence-electron chi connectivity index (χ3n) is 2.22. The average molecular weight is 298 g/mol. The number of carbonyl (C=O) groups is 1. The molecule has 9 heteroatoms. The maximum absolute atomic E-state index is 12.8. The highest BCUT2D eigenvalue weighted by molar-refractivity contribution is 5.69. The van der Waals surface area contributed by atoms with E-state index in [1.54, 1.807) is 6.92 Å². The Labute approximate surface area is 104 Å². The lowest BCUT2D eigenvalue weighted by Crippen LogP contribution is -2.52. The molecule has 19 heavy (non-hydrogen) atoms. The summed E-state index contributed by atoms with van der Waals surface area (Å²) in [6.07, 6.45) is -8.41. The lowest BCUT2D eigenvalue weighted by atomic mass is 10.1. The average Bonchev–Trinajstić information content (AvgIpc) is 2.25. The Kier molecular flexibility index (Phi) is 6.08. The van der Waals surface area contributed by atoms with E-state index in [2.05, 4.69) is 4.74 Å². The van der Waals surface area contributed by atoms with Gasteiger partial charge in [0.25, 0.3) is 0 Å². The van der Waals surface area contributed by atoms with Crippen molar-refractivity contribution in [3.63, 3.8) is 0 Å². The molecule has 0 aliphatic carbocycles. The van der Waals surface area contributed by atoms with Gasteiger partial charge in [-0.25, -0.2) is 0 Å². The zero-order chi connectivity index (χ0) is 15.3. The van der Waals surface area contributed by atoms with Crippen molar-refractivity contribution in [2.24, 2.45) is 0 Å². The van der Waals surface area contributed by atoms with E-state index >= 15 is 0 Å². The van der Waals surface area contributed by atoms with E-state index in [9.17, 15) is 35.5 Å². The van der Waals surface area contributed by atoms with Crippen molar-refractivity contribution in [1.82, 2.24) is 0 Å². The first-order valence-electron chi connectivity index (χ1n) is 5.43. The predicted octanol–water partition coefficient (Wildman–Crippen LogP) is 3.94. The fraction of sp³-hybridized carbons (Fsp3) is 0.900. The number of unbranched alkanes of at least 4 members (excludes halogenated alkanes) is 1. The van der Waals surface area contributed by atoms with E-state index < -0.39 is 36.8 Å². The molecule has 114 valence electrons. The Balaban J connectivity index is 4.42. The molecule has 0 atom stereocenters. The number of esters is 1. The molecule has 0 fully saturated rings. The van der Waals surface area contributed by atoms with Gasteiger partial charge in [-0.2, -0.15) is 30.7 Å². The van der Waals surface area contributed by atoms with Crippen molar-refractivity contribution < 1.29 is 40.3 Å². The molecule has 0 aromatic carbocycles. The van der Waals surface area contributed by atoms with Gasteiger partial charge >= 0.3 is 24.0 Å². The Hall–Kier alpha value is -1.02. The van der Waals surface area contributed by atoms with Crippen LogP contribution in [0.5, 0.6) is 0 Å². The van der Waals surface area contributed by atoms with Gasteiger partial charge < -0.3 is 4.74 Å². The summed E-state index contributed by atoms with van der Waals surface area (Å²) >= 11 is 0. The van der Waals surface area contributed by atoms with Gasteiger partial charge in [-0.3, -0.25) is 4.79 Å². The van der Waals surface area contributed by atoms with Crippen LogP contribution in [-0.2, 0) is 9.53 Å². The van der Waals surface area contributed by atoms with Gasteiger partial charge in [-0.05, 0) is 6.42 Å². The molecule has 0 radical (unpaired) electrons. The highest BCUT2D eigenvalue weighted by Gasteiger charge is 2.72. The van der Waals surface area contributed by atoms with Crippen molar-refractivity contribution in [3.05, 3.63) is 0 Å². The van der Waals surface area contributed by atoms with Crippen molar-refractivity contribution in [2.75, 3.05) is 6.61 Å². The lowest BCUT2D eigenvalue weighted by Gasteiger charge is -2.27. The molecular formula is C10H13F7O2. The minimum Gasteiger partial charge on any atom is -0.466 e. The Bertz CT molecular complexity index is 299. The summed E-state index contributed by atoms with van der Waals surface area (Å²) in [6.45, 7) is 1.67. The second kappa shape index (κ2) is 6.42. The smallest absolute Gasteiger partial charge is 0.459 e. The summed E-state index contributed by atoms with van der Waals surface area (Å²) in [5.74, 6) is -12.8. The van der Waals surface area contributed by atoms with Crippen LogP contribution in [0.4, 0.5) is 30.7 Å². The van der Waals surface area contributed by atoms with Crippen LogP contribution in [0.25, 0.3) is 0 Å². The van der Waals surface area contributed by atoms with Crippen molar-refractivity contribution >= 4 is 5.97 Å². The van der Waals surface area contributed by atoms with E-state index in [-0.39, 0.29) is 6.61 Å². The van der Waals surface area contributed by atoms with Crippen molar-refractivity contribution in [2.45, 2.75) is 50.6 Å². The molecule has 0 saturated heterocycles. The number of ether oxygens (including phenoxy) is 1. The summed E-state index contributed by atoms with van der Waals surface area (Å²) in [5, 5.41) is 0. The van der Waals surface area contributed by atoms with Crippen LogP contribution < -0.4 is 0 Å². The molecular weight excluding hydrogens is 285 g/mol. The molecule has 0 amide bonds. The summed E-state index contributed by atoms with van der Waals surface area (Å²) in [7, 11) is 0. The molecule has 0 spiro atoms. The molecule has 0 rings (SSSR count). The number of carbonyl (C=O) groups excluding carboxylic acids is 1. The van der Waals surface area contributed by atoms with Crippen LogP contribution in [0.15, 0.2) is 0 Å². The molecule has 0 N–H and O–H groups in total. The fourth-order valence-corrected chi connectivity index (χ4v) is 1.03. The van der Waals surface area contributed by atoms with Gasteiger partial charge in [0.05, 0.1) is 13.0 Å². The van der Waals surface area contributed by atoms with Gasteiger partial charge in [-0.15, -0.1) is 0 Å². The highest BCUT2D eigenvalue weighted by Crippen LogP contribution is 2.48. The van der Waals surface area contributed by atoms with Crippen molar-refractivity contribution in [1.29, 1.82) is 0 Å². The first-order chi connectivity index (χ1) is 8.45. The SMILES string of the molecule is CCCCOC(=O)CCC(F)(F)C(F)(F)C(F)(F)F. The topological polar surface area (TPSA) is 26.3 Å². The van der Waals surface area contributed by atoms with Crippen LogP contribution in [-0.4, -0.2) is 30.6 Å². The van der Waals surface area contributed by atoms with Gasteiger partial charge in [0.2, 0.25) is 0 Å². The Morgan fingerprint density at radius 2 is 1.58 bits per heavy atom. The minimum atomic E-state index is -6.37. The maximum atomic E-state index is 12.8. The molecule has 0 aliphatic heterocycles. The summed E-state index contributed by atoms with van der Waals surface area (Å²) in [4.78, 5) is 10.9. The second-order valence-electron chi connectivity index (χ2n) is 3.85. The molecule has 0 aromatic rings. The third kappa shape index (κ3) is 4.87. The fourth-order valence-electron chi connectivity index (χ4n) is 1.03. The van der Waals surface area contributed by atoms with Gasteiger partial charge in [0, 0.05) is 6.42 Å². The first-order valence-corrected chi connectivity index (χ1v) is 5.43. The quantitative estimate of drug-likeness (QED) is 0.404. The largest absolute Gasteiger partial charge is 0.466 e.